The summed E-state index contributed by atoms with van der Waals surface area (Å²) in [4.78, 5) is 21.0. The minimum Gasteiger partial charge on any atom is -0.370 e. The Morgan fingerprint density at radius 2 is 1.68 bits per heavy atom. The van der Waals surface area contributed by atoms with E-state index >= 15 is 0 Å². The third-order valence-electron chi connectivity index (χ3n) is 4.86. The quantitative estimate of drug-likeness (QED) is 0.619. The van der Waals surface area contributed by atoms with Gasteiger partial charge in [-0.25, -0.2) is 0 Å². The van der Waals surface area contributed by atoms with Crippen LogP contribution in [0.15, 0.2) is 53.5 Å². The number of aryl methyl sites for hydroxylation is 2. The molecule has 28 heavy (non-hydrogen) atoms. The Morgan fingerprint density at radius 1 is 1.04 bits per heavy atom. The Labute approximate surface area is 167 Å². The largest absolute Gasteiger partial charge is 0.370 e. The summed E-state index contributed by atoms with van der Waals surface area (Å²) < 4.78 is 0. The first-order chi connectivity index (χ1) is 13.5. The van der Waals surface area contributed by atoms with Crippen molar-refractivity contribution in [1.29, 1.82) is 0 Å². The second-order valence-corrected chi connectivity index (χ2v) is 7.22. The number of anilines is 2. The monoisotopic (exact) mass is 379 g/mol. The second kappa shape index (κ2) is 9.26. The summed E-state index contributed by atoms with van der Waals surface area (Å²) in [6.07, 6.45) is 0.376. The molecule has 0 unspecified atom stereocenters. The predicted octanol–water partition coefficient (Wildman–Crippen LogP) is 2.77. The average Bonchev–Trinajstić information content (AvgIpc) is 2.68. The molecule has 1 heterocycles. The lowest BCUT2D eigenvalue weighted by atomic mass is 10.1. The highest BCUT2D eigenvalue weighted by atomic mass is 16.2. The molecule has 2 aromatic rings. The zero-order chi connectivity index (χ0) is 19.9. The maximum absolute atomic E-state index is 12.4. The molecule has 2 aromatic carbocycles. The van der Waals surface area contributed by atoms with E-state index in [2.05, 4.69) is 33.4 Å². The summed E-state index contributed by atoms with van der Waals surface area (Å²) in [7, 11) is 0. The smallest absolute Gasteiger partial charge is 0.224 e. The van der Waals surface area contributed by atoms with Crippen LogP contribution in [0.1, 0.15) is 17.5 Å². The van der Waals surface area contributed by atoms with Gasteiger partial charge in [0.25, 0.3) is 0 Å². The van der Waals surface area contributed by atoms with Crippen LogP contribution in [0.5, 0.6) is 0 Å². The molecular weight excluding hydrogens is 350 g/mol. The highest BCUT2D eigenvalue weighted by Crippen LogP contribution is 2.16. The van der Waals surface area contributed by atoms with Crippen LogP contribution < -0.4 is 16.0 Å². The molecule has 0 spiro atoms. The van der Waals surface area contributed by atoms with Gasteiger partial charge in [0.1, 0.15) is 0 Å². The molecule has 3 rings (SSSR count). The van der Waals surface area contributed by atoms with E-state index in [0.717, 1.165) is 31.9 Å². The van der Waals surface area contributed by atoms with Crippen molar-refractivity contribution in [2.75, 3.05) is 42.9 Å². The van der Waals surface area contributed by atoms with Crippen molar-refractivity contribution in [1.82, 2.24) is 4.90 Å². The Morgan fingerprint density at radius 3 is 2.32 bits per heavy atom. The first-order valence-electron chi connectivity index (χ1n) is 9.74. The lowest BCUT2D eigenvalue weighted by Crippen LogP contribution is -2.48. The van der Waals surface area contributed by atoms with Gasteiger partial charge in [0.05, 0.1) is 6.54 Å². The van der Waals surface area contributed by atoms with E-state index in [1.54, 1.807) is 0 Å². The normalized spacial score (nSPS) is 14.9. The Bertz CT molecular complexity index is 806. The van der Waals surface area contributed by atoms with Gasteiger partial charge in [-0.05, 0) is 49.2 Å². The fourth-order valence-electron chi connectivity index (χ4n) is 3.52. The number of nitrogens with zero attached hydrogens (tertiary/aromatic N) is 3. The van der Waals surface area contributed by atoms with Crippen molar-refractivity contribution >= 4 is 23.2 Å². The fourth-order valence-corrected chi connectivity index (χ4v) is 3.52. The van der Waals surface area contributed by atoms with E-state index in [-0.39, 0.29) is 5.91 Å². The number of rotatable bonds is 5. The highest BCUT2D eigenvalue weighted by Gasteiger charge is 2.20. The van der Waals surface area contributed by atoms with Crippen LogP contribution >= 0.6 is 0 Å². The SMILES string of the molecule is Cc1cc(C)cc(NC(N)=NCCC(=O)N2CCN(c3ccccc3)CC2)c1. The highest BCUT2D eigenvalue weighted by molar-refractivity contribution is 5.92. The van der Waals surface area contributed by atoms with Crippen molar-refractivity contribution < 1.29 is 4.79 Å². The molecule has 3 N–H and O–H groups in total. The Hall–Kier alpha value is -3.02. The first-order valence-corrected chi connectivity index (χ1v) is 9.74. The van der Waals surface area contributed by atoms with Gasteiger partial charge >= 0.3 is 0 Å². The lowest BCUT2D eigenvalue weighted by molar-refractivity contribution is -0.131. The molecular formula is C22H29N5O. The van der Waals surface area contributed by atoms with E-state index in [1.807, 2.05) is 49.1 Å². The number of carbonyl (C=O) groups excluding carboxylic acids is 1. The zero-order valence-electron chi connectivity index (χ0n) is 16.7. The van der Waals surface area contributed by atoms with Gasteiger partial charge in [-0.2, -0.15) is 0 Å². The van der Waals surface area contributed by atoms with Gasteiger partial charge in [-0.1, -0.05) is 24.3 Å². The van der Waals surface area contributed by atoms with Crippen LogP contribution in [0.3, 0.4) is 0 Å². The third kappa shape index (κ3) is 5.49. The molecule has 0 atom stereocenters. The minimum atomic E-state index is 0.135. The van der Waals surface area contributed by atoms with Crippen LogP contribution in [0.4, 0.5) is 11.4 Å². The third-order valence-corrected chi connectivity index (χ3v) is 4.86. The maximum atomic E-state index is 12.4. The molecule has 0 saturated carbocycles. The molecule has 1 fully saturated rings. The minimum absolute atomic E-state index is 0.135. The van der Waals surface area contributed by atoms with Crippen molar-refractivity contribution in [3.05, 3.63) is 59.7 Å². The number of hydrogen-bond acceptors (Lipinski definition) is 3. The standard InChI is InChI=1S/C22H29N5O/c1-17-14-18(2)16-19(15-17)25-22(23)24-9-8-21(28)27-12-10-26(11-13-27)20-6-4-3-5-7-20/h3-7,14-16H,8-13H2,1-2H3,(H3,23,24,25). The van der Waals surface area contributed by atoms with E-state index in [4.69, 9.17) is 5.73 Å². The van der Waals surface area contributed by atoms with Crippen molar-refractivity contribution in [3.63, 3.8) is 0 Å². The van der Waals surface area contributed by atoms with Gasteiger partial charge in [0.2, 0.25) is 5.91 Å². The van der Waals surface area contributed by atoms with Gasteiger partial charge in [0.15, 0.2) is 5.96 Å². The molecule has 0 bridgehead atoms. The summed E-state index contributed by atoms with van der Waals surface area (Å²) in [5.41, 5.74) is 10.4. The van der Waals surface area contributed by atoms with Gasteiger partial charge in [-0.3, -0.25) is 9.79 Å². The summed E-state index contributed by atoms with van der Waals surface area (Å²) in [5.74, 6) is 0.474. The van der Waals surface area contributed by atoms with Gasteiger partial charge in [0, 0.05) is 44.0 Å². The maximum Gasteiger partial charge on any atom is 0.224 e. The van der Waals surface area contributed by atoms with E-state index in [9.17, 15) is 4.79 Å². The van der Waals surface area contributed by atoms with Crippen LogP contribution in [0.25, 0.3) is 0 Å². The molecule has 1 saturated heterocycles. The van der Waals surface area contributed by atoms with Crippen molar-refractivity contribution in [2.24, 2.45) is 10.7 Å². The topological polar surface area (TPSA) is 74.0 Å². The molecule has 1 aliphatic heterocycles. The molecule has 148 valence electrons. The summed E-state index contributed by atoms with van der Waals surface area (Å²) in [6, 6.07) is 16.5. The number of aliphatic imine (C=N–C) groups is 1. The van der Waals surface area contributed by atoms with E-state index < -0.39 is 0 Å². The fraction of sp³-hybridized carbons (Fsp3) is 0.364. The van der Waals surface area contributed by atoms with Gasteiger partial charge in [-0.15, -0.1) is 0 Å². The summed E-state index contributed by atoms with van der Waals surface area (Å²) in [6.45, 7) is 7.68. The summed E-state index contributed by atoms with van der Waals surface area (Å²) in [5, 5.41) is 3.10. The Kier molecular flexibility index (Phi) is 6.53. The van der Waals surface area contributed by atoms with Crippen molar-refractivity contribution in [2.45, 2.75) is 20.3 Å². The number of para-hydroxylation sites is 1. The second-order valence-electron chi connectivity index (χ2n) is 7.22. The molecule has 6 heteroatoms. The molecule has 6 nitrogen and oxygen atoms in total. The Balaban J connectivity index is 1.43. The number of hydrogen-bond donors (Lipinski definition) is 2. The molecule has 0 aliphatic carbocycles. The van der Waals surface area contributed by atoms with Crippen molar-refractivity contribution in [3.8, 4) is 0 Å². The number of piperazine rings is 1. The average molecular weight is 380 g/mol. The number of nitrogens with two attached hydrogens (primary N) is 1. The number of guanidine groups is 1. The predicted molar refractivity (Wildman–Crippen MR) is 116 cm³/mol. The molecule has 0 radical (unpaired) electrons. The number of benzene rings is 2. The van der Waals surface area contributed by atoms with Crippen LogP contribution in [-0.4, -0.2) is 49.5 Å². The molecule has 1 aliphatic rings. The van der Waals surface area contributed by atoms with Crippen LogP contribution in [0.2, 0.25) is 0 Å². The van der Waals surface area contributed by atoms with E-state index in [0.29, 0.717) is 18.9 Å². The van der Waals surface area contributed by atoms with Crippen LogP contribution in [0, 0.1) is 13.8 Å². The molecule has 1 amide bonds. The van der Waals surface area contributed by atoms with Gasteiger partial charge < -0.3 is 20.9 Å². The zero-order valence-corrected chi connectivity index (χ0v) is 16.7. The van der Waals surface area contributed by atoms with Crippen LogP contribution in [-0.2, 0) is 4.79 Å². The lowest BCUT2D eigenvalue weighted by Gasteiger charge is -2.36. The van der Waals surface area contributed by atoms with E-state index in [1.165, 1.54) is 16.8 Å². The number of carbonyl (C=O) groups is 1. The summed E-state index contributed by atoms with van der Waals surface area (Å²) >= 11 is 0. The number of amides is 1. The number of nitrogens with one attached hydrogen (secondary N) is 1. The first kappa shape index (κ1) is 19.7. The molecule has 0 aromatic heterocycles.